The zero-order valence-electron chi connectivity index (χ0n) is 10.3. The van der Waals surface area contributed by atoms with Crippen LogP contribution in [0.25, 0.3) is 0 Å². The van der Waals surface area contributed by atoms with E-state index in [-0.39, 0.29) is 5.38 Å². The second-order valence-electron chi connectivity index (χ2n) is 5.37. The molecule has 1 aliphatic rings. The van der Waals surface area contributed by atoms with Crippen LogP contribution in [0.2, 0.25) is 5.02 Å². The molecule has 1 unspecified atom stereocenters. The maximum Gasteiger partial charge on any atom is 0.0408 e. The van der Waals surface area contributed by atoms with Gasteiger partial charge in [-0.25, -0.2) is 0 Å². The lowest BCUT2D eigenvalue weighted by Crippen LogP contribution is -2.22. The first-order chi connectivity index (χ1) is 8.15. The summed E-state index contributed by atoms with van der Waals surface area (Å²) in [6.45, 7) is 2.34. The maximum absolute atomic E-state index is 6.55. The van der Waals surface area contributed by atoms with Crippen LogP contribution in [0.4, 0.5) is 0 Å². The maximum atomic E-state index is 6.55. The van der Waals surface area contributed by atoms with Gasteiger partial charge in [-0.1, -0.05) is 43.5 Å². The van der Waals surface area contributed by atoms with Crippen molar-refractivity contribution in [3.63, 3.8) is 0 Å². The highest BCUT2D eigenvalue weighted by Gasteiger charge is 2.24. The van der Waals surface area contributed by atoms with Crippen molar-refractivity contribution in [1.82, 2.24) is 0 Å². The summed E-state index contributed by atoms with van der Waals surface area (Å²) in [5.74, 6) is 1.58. The summed E-state index contributed by atoms with van der Waals surface area (Å²) in [7, 11) is 0. The average molecular weight is 271 g/mol. The van der Waals surface area contributed by atoms with Crippen molar-refractivity contribution in [2.45, 2.75) is 44.4 Å². The summed E-state index contributed by atoms with van der Waals surface area (Å²) in [5.41, 5.74) is 1.26. The van der Waals surface area contributed by atoms with E-state index in [1.54, 1.807) is 0 Å². The molecular weight excluding hydrogens is 251 g/mol. The van der Waals surface area contributed by atoms with Gasteiger partial charge in [-0.3, -0.25) is 0 Å². The van der Waals surface area contributed by atoms with Crippen molar-refractivity contribution in [3.8, 4) is 0 Å². The molecule has 0 amide bonds. The fourth-order valence-electron chi connectivity index (χ4n) is 2.70. The van der Waals surface area contributed by atoms with Crippen LogP contribution in [0.15, 0.2) is 24.3 Å². The molecule has 2 heteroatoms. The Hall–Kier alpha value is -0.200. The van der Waals surface area contributed by atoms with E-state index < -0.39 is 0 Å². The van der Waals surface area contributed by atoms with Gasteiger partial charge in [-0.15, -0.1) is 11.6 Å². The predicted molar refractivity (Wildman–Crippen MR) is 75.9 cm³/mol. The molecule has 0 saturated heterocycles. The molecule has 1 aromatic carbocycles. The average Bonchev–Trinajstić information content (AvgIpc) is 2.29. The van der Waals surface area contributed by atoms with Gasteiger partial charge in [0.2, 0.25) is 0 Å². The number of hydrogen-bond acceptors (Lipinski definition) is 0. The molecular formula is C15H20Cl2. The lowest BCUT2D eigenvalue weighted by atomic mass is 9.80. The minimum Gasteiger partial charge on any atom is -0.122 e. The van der Waals surface area contributed by atoms with Crippen LogP contribution in [0.5, 0.6) is 0 Å². The highest BCUT2D eigenvalue weighted by atomic mass is 35.5. The first kappa shape index (κ1) is 13.2. The van der Waals surface area contributed by atoms with Gasteiger partial charge in [0.15, 0.2) is 0 Å². The second kappa shape index (κ2) is 6.11. The van der Waals surface area contributed by atoms with Gasteiger partial charge in [0.1, 0.15) is 0 Å². The molecule has 0 radical (unpaired) electrons. The van der Waals surface area contributed by atoms with E-state index in [1.807, 2.05) is 18.2 Å². The summed E-state index contributed by atoms with van der Waals surface area (Å²) < 4.78 is 0. The summed E-state index contributed by atoms with van der Waals surface area (Å²) >= 11 is 12.5. The van der Waals surface area contributed by atoms with Gasteiger partial charge in [-0.2, -0.15) is 0 Å². The molecule has 17 heavy (non-hydrogen) atoms. The standard InChI is InChI=1S/C15H20Cl2/c1-11-5-7-13(8-6-11)15(17)10-12-3-2-4-14(16)9-12/h2-4,9,11,13,15H,5-8,10H2,1H3. The van der Waals surface area contributed by atoms with E-state index >= 15 is 0 Å². The third kappa shape index (κ3) is 3.89. The Labute approximate surface area is 114 Å². The number of benzene rings is 1. The first-order valence-corrected chi connectivity index (χ1v) is 7.35. The van der Waals surface area contributed by atoms with Crippen molar-refractivity contribution < 1.29 is 0 Å². The van der Waals surface area contributed by atoms with Gasteiger partial charge in [0.25, 0.3) is 0 Å². The SMILES string of the molecule is CC1CCC(C(Cl)Cc2cccc(Cl)c2)CC1. The van der Waals surface area contributed by atoms with E-state index in [2.05, 4.69) is 13.0 Å². The highest BCUT2D eigenvalue weighted by molar-refractivity contribution is 6.30. The lowest BCUT2D eigenvalue weighted by molar-refractivity contribution is 0.281. The van der Waals surface area contributed by atoms with Crippen molar-refractivity contribution in [2.24, 2.45) is 11.8 Å². The third-order valence-electron chi connectivity index (χ3n) is 3.89. The van der Waals surface area contributed by atoms with Gasteiger partial charge in [0, 0.05) is 10.4 Å². The van der Waals surface area contributed by atoms with E-state index in [0.717, 1.165) is 17.4 Å². The minimum atomic E-state index is 0.265. The Bertz CT molecular complexity index is 354. The second-order valence-corrected chi connectivity index (χ2v) is 6.37. The number of alkyl halides is 1. The van der Waals surface area contributed by atoms with Crippen molar-refractivity contribution in [1.29, 1.82) is 0 Å². The molecule has 1 fully saturated rings. The summed E-state index contributed by atoms with van der Waals surface area (Å²) in [6, 6.07) is 8.07. The molecule has 1 atom stereocenters. The molecule has 94 valence electrons. The van der Waals surface area contributed by atoms with Crippen molar-refractivity contribution >= 4 is 23.2 Å². The van der Waals surface area contributed by atoms with E-state index in [0.29, 0.717) is 5.92 Å². The summed E-state index contributed by atoms with van der Waals surface area (Å²) in [6.07, 6.45) is 6.19. The molecule has 0 nitrogen and oxygen atoms in total. The lowest BCUT2D eigenvalue weighted by Gasteiger charge is -2.29. The zero-order valence-corrected chi connectivity index (χ0v) is 11.8. The summed E-state index contributed by atoms with van der Waals surface area (Å²) in [5, 5.41) is 1.07. The Balaban J connectivity index is 1.90. The fourth-order valence-corrected chi connectivity index (χ4v) is 3.35. The van der Waals surface area contributed by atoms with Crippen LogP contribution >= 0.6 is 23.2 Å². The van der Waals surface area contributed by atoms with Gasteiger partial charge >= 0.3 is 0 Å². The largest absolute Gasteiger partial charge is 0.122 e. The molecule has 0 bridgehead atoms. The predicted octanol–water partition coefficient (Wildman–Crippen LogP) is 5.32. The van der Waals surface area contributed by atoms with Crippen LogP contribution in [0.1, 0.15) is 38.2 Å². The minimum absolute atomic E-state index is 0.265. The Morgan fingerprint density at radius 1 is 1.24 bits per heavy atom. The first-order valence-electron chi connectivity index (χ1n) is 6.53. The molecule has 2 rings (SSSR count). The van der Waals surface area contributed by atoms with E-state index in [9.17, 15) is 0 Å². The van der Waals surface area contributed by atoms with Crippen LogP contribution in [-0.4, -0.2) is 5.38 Å². The monoisotopic (exact) mass is 270 g/mol. The Kier molecular flexibility index (Phi) is 4.76. The van der Waals surface area contributed by atoms with Crippen LogP contribution in [0.3, 0.4) is 0 Å². The van der Waals surface area contributed by atoms with Gasteiger partial charge in [-0.05, 0) is 48.8 Å². The fraction of sp³-hybridized carbons (Fsp3) is 0.600. The molecule has 1 aliphatic carbocycles. The molecule has 1 saturated carbocycles. The zero-order chi connectivity index (χ0) is 12.3. The molecule has 0 spiro atoms. The molecule has 1 aromatic rings. The molecule has 0 aliphatic heterocycles. The highest BCUT2D eigenvalue weighted by Crippen LogP contribution is 2.33. The molecule has 0 heterocycles. The number of rotatable bonds is 3. The van der Waals surface area contributed by atoms with Crippen LogP contribution in [-0.2, 0) is 6.42 Å². The number of hydrogen-bond donors (Lipinski definition) is 0. The normalized spacial score (nSPS) is 26.8. The Morgan fingerprint density at radius 3 is 2.59 bits per heavy atom. The quantitative estimate of drug-likeness (QED) is 0.653. The van der Waals surface area contributed by atoms with E-state index in [4.69, 9.17) is 23.2 Å². The van der Waals surface area contributed by atoms with E-state index in [1.165, 1.54) is 31.2 Å². The van der Waals surface area contributed by atoms with Crippen LogP contribution in [0, 0.1) is 11.8 Å². The topological polar surface area (TPSA) is 0 Å². The van der Waals surface area contributed by atoms with Crippen LogP contribution < -0.4 is 0 Å². The Morgan fingerprint density at radius 2 is 1.94 bits per heavy atom. The third-order valence-corrected chi connectivity index (χ3v) is 4.64. The van der Waals surface area contributed by atoms with Crippen molar-refractivity contribution in [2.75, 3.05) is 0 Å². The number of halogens is 2. The molecule has 0 aromatic heterocycles. The van der Waals surface area contributed by atoms with Gasteiger partial charge in [0.05, 0.1) is 0 Å². The van der Waals surface area contributed by atoms with Gasteiger partial charge < -0.3 is 0 Å². The summed E-state index contributed by atoms with van der Waals surface area (Å²) in [4.78, 5) is 0. The molecule has 0 N–H and O–H groups in total. The smallest absolute Gasteiger partial charge is 0.0408 e. The van der Waals surface area contributed by atoms with Crippen molar-refractivity contribution in [3.05, 3.63) is 34.9 Å².